The fourth-order valence-electron chi connectivity index (χ4n) is 10.2. The van der Waals surface area contributed by atoms with Crippen LogP contribution >= 0.6 is 0 Å². The van der Waals surface area contributed by atoms with E-state index < -0.39 is 113 Å². The van der Waals surface area contributed by atoms with E-state index in [1.165, 1.54) is 26.0 Å². The Hall–Kier alpha value is -5.74. The maximum absolute atomic E-state index is 15.5. The first kappa shape index (κ1) is 44.3. The van der Waals surface area contributed by atoms with Crippen molar-refractivity contribution in [2.24, 2.45) is 16.7 Å². The molecule has 2 saturated carbocycles. The van der Waals surface area contributed by atoms with Gasteiger partial charge in [0.25, 0.3) is 5.91 Å². The van der Waals surface area contributed by atoms with E-state index in [-0.39, 0.29) is 35.3 Å². The van der Waals surface area contributed by atoms with E-state index in [2.05, 4.69) is 5.32 Å². The van der Waals surface area contributed by atoms with Crippen LogP contribution in [0.1, 0.15) is 86.7 Å². The number of ether oxygens (including phenoxy) is 5. The molecule has 3 aliphatic carbocycles. The van der Waals surface area contributed by atoms with Gasteiger partial charge in [0.1, 0.15) is 23.9 Å². The summed E-state index contributed by atoms with van der Waals surface area (Å²) in [5.74, 6) is -6.84. The van der Waals surface area contributed by atoms with Crippen LogP contribution in [0, 0.1) is 16.7 Å². The molecule has 3 unspecified atom stereocenters. The molecule has 0 radical (unpaired) electrons. The number of ketones is 1. The highest BCUT2D eigenvalue weighted by molar-refractivity contribution is 5.96. The van der Waals surface area contributed by atoms with Crippen LogP contribution in [0.3, 0.4) is 0 Å². The van der Waals surface area contributed by atoms with E-state index in [1.807, 2.05) is 0 Å². The van der Waals surface area contributed by atoms with E-state index >= 15 is 4.79 Å². The topological polar surface area (TPSA) is 221 Å². The summed E-state index contributed by atoms with van der Waals surface area (Å²) >= 11 is 0. The Labute approximate surface area is 358 Å². The summed E-state index contributed by atoms with van der Waals surface area (Å²) < 4.78 is 30.3. The second kappa shape index (κ2) is 16.5. The van der Waals surface area contributed by atoms with Crippen LogP contribution in [-0.2, 0) is 42.9 Å². The van der Waals surface area contributed by atoms with Gasteiger partial charge in [0.15, 0.2) is 23.6 Å². The van der Waals surface area contributed by atoms with Crippen LogP contribution in [0.2, 0.25) is 0 Å². The number of rotatable bonds is 10. The number of fused-ring (bicyclic) bond motifs is 5. The third kappa shape index (κ3) is 7.29. The van der Waals surface area contributed by atoms with E-state index in [0.717, 1.165) is 13.8 Å². The van der Waals surface area contributed by atoms with Crippen LogP contribution in [0.5, 0.6) is 0 Å². The highest BCUT2D eigenvalue weighted by atomic mass is 16.6. The van der Waals surface area contributed by atoms with Gasteiger partial charge in [0, 0.05) is 37.7 Å². The first-order valence-electron chi connectivity index (χ1n) is 20.5. The minimum absolute atomic E-state index is 0.00289. The fraction of sp³-hybridized carbons (Fsp3) is 0.447. The maximum atomic E-state index is 15.5. The lowest BCUT2D eigenvalue weighted by Crippen LogP contribution is -2.82. The molecule has 3 aromatic carbocycles. The fourth-order valence-corrected chi connectivity index (χ4v) is 10.2. The van der Waals surface area contributed by atoms with Gasteiger partial charge in [0.2, 0.25) is 0 Å². The lowest BCUT2D eigenvalue weighted by molar-refractivity contribution is -0.346. The molecule has 328 valence electrons. The molecule has 3 aromatic rings. The van der Waals surface area contributed by atoms with Crippen LogP contribution in [0.4, 0.5) is 0 Å². The normalized spacial score (nSPS) is 31.9. The van der Waals surface area contributed by atoms with Gasteiger partial charge in [-0.15, -0.1) is 0 Å². The number of aliphatic hydroxyl groups excluding tert-OH is 2. The molecule has 0 aromatic heterocycles. The first-order chi connectivity index (χ1) is 29.3. The molecule has 4 N–H and O–H groups in total. The number of carbonyl (C=O) groups excluding carboxylic acids is 6. The number of amides is 1. The highest BCUT2D eigenvalue weighted by Crippen LogP contribution is 2.64. The van der Waals surface area contributed by atoms with Gasteiger partial charge in [-0.25, -0.2) is 9.59 Å². The SMILES string of the molecule is CC(=O)O[C@H]1C(=O)[C@@]2(C)C([C@H](OC(=O)c3ccccc3)[C@]3(O)C[C@H](OC(=O)[C@H](O)C(NC(=O)c4ccccc4)c4ccccc4)C(C)=C1C3(C)C)[C@]1(OC(C)=O)COC1C[C@@H]2O. The molecule has 3 fully saturated rings. The predicted octanol–water partition coefficient (Wildman–Crippen LogP) is 3.74. The van der Waals surface area contributed by atoms with Crippen LogP contribution in [0.25, 0.3) is 0 Å². The third-order valence-electron chi connectivity index (χ3n) is 13.5. The number of esters is 4. The van der Waals surface area contributed by atoms with E-state index in [0.29, 0.717) is 5.56 Å². The van der Waals surface area contributed by atoms with Gasteiger partial charge in [0.05, 0.1) is 35.6 Å². The number of carbonyl (C=O) groups is 6. The zero-order valence-electron chi connectivity index (χ0n) is 35.2. The van der Waals surface area contributed by atoms with Crippen molar-refractivity contribution in [2.75, 3.05) is 6.61 Å². The Bertz CT molecular complexity index is 2280. The molecule has 7 rings (SSSR count). The molecule has 0 spiro atoms. The quantitative estimate of drug-likeness (QED) is 0.130. The summed E-state index contributed by atoms with van der Waals surface area (Å²) in [6.07, 6.45) is -10.5. The number of hydrogen-bond acceptors (Lipinski definition) is 14. The number of benzene rings is 3. The minimum atomic E-state index is -2.39. The van der Waals surface area contributed by atoms with Crippen molar-refractivity contribution >= 4 is 35.6 Å². The van der Waals surface area contributed by atoms with Gasteiger partial charge < -0.3 is 44.3 Å². The van der Waals surface area contributed by atoms with Gasteiger partial charge >= 0.3 is 23.9 Å². The number of Topliss-reactive ketones (excluding diaryl/α,β-unsaturated/α-hetero) is 1. The summed E-state index contributed by atoms with van der Waals surface area (Å²) in [6.45, 7) is 7.97. The molecule has 15 nitrogen and oxygen atoms in total. The smallest absolute Gasteiger partial charge is 0.338 e. The number of nitrogens with one attached hydrogen (secondary N) is 1. The molecule has 62 heavy (non-hydrogen) atoms. The monoisotopic (exact) mass is 853 g/mol. The van der Waals surface area contributed by atoms with E-state index in [4.69, 9.17) is 23.7 Å². The zero-order valence-corrected chi connectivity index (χ0v) is 35.2. The Kier molecular flexibility index (Phi) is 11.8. The van der Waals surface area contributed by atoms with Gasteiger partial charge in [-0.05, 0) is 54.8 Å². The lowest BCUT2D eigenvalue weighted by Gasteiger charge is -2.67. The van der Waals surface area contributed by atoms with Crippen LogP contribution < -0.4 is 5.32 Å². The van der Waals surface area contributed by atoms with Crippen molar-refractivity contribution in [2.45, 2.75) is 108 Å². The number of aliphatic hydroxyl groups is 3. The van der Waals surface area contributed by atoms with Crippen molar-refractivity contribution in [3.63, 3.8) is 0 Å². The summed E-state index contributed by atoms with van der Waals surface area (Å²) in [5.41, 5.74) is -7.02. The molecule has 11 atom stereocenters. The Morgan fingerprint density at radius 1 is 0.823 bits per heavy atom. The van der Waals surface area contributed by atoms with E-state index in [9.17, 15) is 39.3 Å². The van der Waals surface area contributed by atoms with Gasteiger partial charge in [-0.2, -0.15) is 0 Å². The molecule has 1 aliphatic heterocycles. The standard InChI is InChI=1S/C47H51NO14/c1-25-31(60-43(56)36(52)35(28-16-10-7-11-17-28)48-41(54)29-18-12-8-13-19-29)23-47(57)40(61-42(55)30-20-14-9-15-21-30)38-45(6,32(51)22-33-46(38,24-58-33)62-27(3)50)39(53)37(59-26(2)49)34(25)44(47,4)5/h7-21,31-33,35-38,40,51-52,57H,22-24H2,1-6H3,(H,48,54)/t31-,32-,33?,35?,36+,37+,38?,40-,45+,46-,47+/m0/s1. The summed E-state index contributed by atoms with van der Waals surface area (Å²) in [7, 11) is 0. The van der Waals surface area contributed by atoms with Gasteiger partial charge in [-0.3, -0.25) is 19.2 Å². The van der Waals surface area contributed by atoms with E-state index in [1.54, 1.807) is 92.7 Å². The predicted molar refractivity (Wildman–Crippen MR) is 218 cm³/mol. The lowest BCUT2D eigenvalue weighted by atomic mass is 9.44. The van der Waals surface area contributed by atoms with Crippen molar-refractivity contribution in [1.82, 2.24) is 5.32 Å². The highest BCUT2D eigenvalue weighted by Gasteiger charge is 2.78. The molecular formula is C47H51NO14. The third-order valence-corrected chi connectivity index (χ3v) is 13.5. The van der Waals surface area contributed by atoms with Gasteiger partial charge in [-0.1, -0.05) is 80.6 Å². The second-order valence-corrected chi connectivity index (χ2v) is 17.4. The Balaban J connectivity index is 1.39. The Morgan fingerprint density at radius 2 is 1.40 bits per heavy atom. The average molecular weight is 854 g/mol. The molecule has 1 saturated heterocycles. The molecule has 1 heterocycles. The van der Waals surface area contributed by atoms with Crippen molar-refractivity contribution in [3.05, 3.63) is 119 Å². The molecule has 1 amide bonds. The molecule has 2 bridgehead atoms. The average Bonchev–Trinajstić information content (AvgIpc) is 3.24. The molecular weight excluding hydrogens is 803 g/mol. The van der Waals surface area contributed by atoms with Crippen LogP contribution in [0.15, 0.2) is 102 Å². The summed E-state index contributed by atoms with van der Waals surface area (Å²) in [4.78, 5) is 83.5. The maximum Gasteiger partial charge on any atom is 0.338 e. The summed E-state index contributed by atoms with van der Waals surface area (Å²) in [6, 6.07) is 22.9. The minimum Gasteiger partial charge on any atom is -0.456 e. The number of hydrogen-bond donors (Lipinski definition) is 4. The van der Waals surface area contributed by atoms with Crippen LogP contribution in [-0.4, -0.2) is 105 Å². The summed E-state index contributed by atoms with van der Waals surface area (Å²) in [5, 5.41) is 40.2. The van der Waals surface area contributed by atoms with Crippen molar-refractivity contribution in [1.29, 1.82) is 0 Å². The Morgan fingerprint density at radius 3 is 1.95 bits per heavy atom. The largest absolute Gasteiger partial charge is 0.456 e. The second-order valence-electron chi connectivity index (χ2n) is 17.4. The first-order valence-corrected chi connectivity index (χ1v) is 20.5. The van der Waals surface area contributed by atoms with Crippen molar-refractivity contribution < 1.29 is 67.8 Å². The zero-order chi connectivity index (χ0) is 44.9. The molecule has 15 heteroatoms. The molecule has 4 aliphatic rings. The van der Waals surface area contributed by atoms with Crippen molar-refractivity contribution in [3.8, 4) is 0 Å².